The number of nitrogens with one attached hydrogen (secondary N) is 1. The lowest BCUT2D eigenvalue weighted by Gasteiger charge is -2.38. The zero-order valence-electron chi connectivity index (χ0n) is 17.9. The molecule has 1 unspecified atom stereocenters. The fourth-order valence-electron chi connectivity index (χ4n) is 4.35. The number of carbonyl (C=O) groups excluding carboxylic acids is 1. The number of rotatable bonds is 5. The molecule has 1 amide bonds. The van der Waals surface area contributed by atoms with Gasteiger partial charge in [-0.2, -0.15) is 0 Å². The number of fused-ring (bicyclic) bond motifs is 1. The van der Waals surface area contributed by atoms with Crippen LogP contribution in [-0.2, 0) is 12.8 Å². The number of halogens is 1. The molecule has 5 heteroatoms. The summed E-state index contributed by atoms with van der Waals surface area (Å²) < 4.78 is 12.8. The zero-order chi connectivity index (χ0) is 22.0. The SMILES string of the molecule is C[N+](C)([O-])CC1CCc2cc(NC(=O)c3ccc(-c4ccc(F)cc4)cc3)ccc2C1. The summed E-state index contributed by atoms with van der Waals surface area (Å²) in [6.07, 6.45) is 2.84. The number of aryl methyl sites for hydroxylation is 1. The van der Waals surface area contributed by atoms with Gasteiger partial charge in [-0.25, -0.2) is 4.39 Å². The molecule has 0 radical (unpaired) electrons. The highest BCUT2D eigenvalue weighted by molar-refractivity contribution is 6.04. The van der Waals surface area contributed by atoms with E-state index in [0.717, 1.165) is 36.1 Å². The topological polar surface area (TPSA) is 52.2 Å². The Bertz CT molecular complexity index is 1070. The summed E-state index contributed by atoms with van der Waals surface area (Å²) in [6.45, 7) is 0.631. The Labute approximate surface area is 182 Å². The lowest BCUT2D eigenvalue weighted by molar-refractivity contribution is -0.843. The van der Waals surface area contributed by atoms with Crippen LogP contribution >= 0.6 is 0 Å². The van der Waals surface area contributed by atoms with E-state index in [4.69, 9.17) is 0 Å². The van der Waals surface area contributed by atoms with Crippen molar-refractivity contribution in [3.63, 3.8) is 0 Å². The van der Waals surface area contributed by atoms with Gasteiger partial charge in [0.15, 0.2) is 0 Å². The van der Waals surface area contributed by atoms with Gasteiger partial charge in [0.2, 0.25) is 0 Å². The summed E-state index contributed by atoms with van der Waals surface area (Å²) in [5.41, 5.74) is 5.70. The Morgan fingerprint density at radius 1 is 1.00 bits per heavy atom. The third-order valence-electron chi connectivity index (χ3n) is 5.82. The van der Waals surface area contributed by atoms with E-state index in [0.29, 0.717) is 18.0 Å². The van der Waals surface area contributed by atoms with Gasteiger partial charge >= 0.3 is 0 Å². The molecule has 4 nitrogen and oxygen atoms in total. The number of nitrogens with zero attached hydrogens (tertiary/aromatic N) is 1. The van der Waals surface area contributed by atoms with Gasteiger partial charge in [-0.05, 0) is 77.9 Å². The average molecular weight is 419 g/mol. The number of benzene rings is 3. The maximum absolute atomic E-state index is 13.1. The minimum atomic E-state index is -0.270. The third-order valence-corrected chi connectivity index (χ3v) is 5.82. The predicted molar refractivity (Wildman–Crippen MR) is 122 cm³/mol. The molecule has 3 aromatic carbocycles. The van der Waals surface area contributed by atoms with Crippen LogP contribution in [-0.4, -0.2) is 31.2 Å². The summed E-state index contributed by atoms with van der Waals surface area (Å²) in [5, 5.41) is 15.0. The lowest BCUT2D eigenvalue weighted by Crippen LogP contribution is -2.39. The van der Waals surface area contributed by atoms with Gasteiger partial charge in [-0.3, -0.25) is 4.79 Å². The first-order valence-corrected chi connectivity index (χ1v) is 10.6. The molecule has 1 atom stereocenters. The van der Waals surface area contributed by atoms with Crippen molar-refractivity contribution >= 4 is 11.6 Å². The van der Waals surface area contributed by atoms with Crippen LogP contribution in [0.15, 0.2) is 66.7 Å². The second-order valence-electron chi connectivity index (χ2n) is 8.89. The van der Waals surface area contributed by atoms with Gasteiger partial charge in [-0.1, -0.05) is 30.3 Å². The number of hydroxylamine groups is 3. The molecule has 1 aliphatic rings. The van der Waals surface area contributed by atoms with Crippen LogP contribution in [0.5, 0.6) is 0 Å². The van der Waals surface area contributed by atoms with Crippen LogP contribution in [0.2, 0.25) is 0 Å². The van der Waals surface area contributed by atoms with E-state index >= 15 is 0 Å². The Hall–Kier alpha value is -3.02. The largest absolute Gasteiger partial charge is 0.633 e. The molecule has 3 aromatic rings. The molecular formula is C26H27FN2O2. The van der Waals surface area contributed by atoms with Gasteiger partial charge < -0.3 is 15.2 Å². The number of carbonyl (C=O) groups is 1. The zero-order valence-corrected chi connectivity index (χ0v) is 17.9. The molecule has 1 N–H and O–H groups in total. The number of anilines is 1. The van der Waals surface area contributed by atoms with Crippen LogP contribution in [0.3, 0.4) is 0 Å². The Kier molecular flexibility index (Phi) is 5.90. The molecule has 0 saturated heterocycles. The molecule has 0 fully saturated rings. The molecule has 31 heavy (non-hydrogen) atoms. The van der Waals surface area contributed by atoms with E-state index in [2.05, 4.69) is 11.4 Å². The van der Waals surface area contributed by atoms with Gasteiger partial charge in [0.1, 0.15) is 5.82 Å². The molecule has 0 aliphatic heterocycles. The fraction of sp³-hybridized carbons (Fsp3) is 0.269. The first-order chi connectivity index (χ1) is 14.8. The van der Waals surface area contributed by atoms with Crippen LogP contribution in [0, 0.1) is 16.9 Å². The molecule has 0 bridgehead atoms. The Morgan fingerprint density at radius 3 is 2.29 bits per heavy atom. The van der Waals surface area contributed by atoms with Crippen molar-refractivity contribution in [2.24, 2.45) is 5.92 Å². The van der Waals surface area contributed by atoms with Gasteiger partial charge in [0.25, 0.3) is 5.91 Å². The quantitative estimate of drug-likeness (QED) is 0.444. The van der Waals surface area contributed by atoms with Crippen molar-refractivity contribution in [3.05, 3.63) is 94.4 Å². The molecule has 160 valence electrons. The molecule has 4 rings (SSSR count). The Balaban J connectivity index is 1.42. The molecule has 0 heterocycles. The smallest absolute Gasteiger partial charge is 0.255 e. The summed E-state index contributed by atoms with van der Waals surface area (Å²) in [4.78, 5) is 12.7. The van der Waals surface area contributed by atoms with Crippen molar-refractivity contribution in [1.29, 1.82) is 0 Å². The van der Waals surface area contributed by atoms with Gasteiger partial charge in [0.05, 0.1) is 20.6 Å². The van der Waals surface area contributed by atoms with E-state index < -0.39 is 0 Å². The highest BCUT2D eigenvalue weighted by atomic mass is 19.1. The molecular weight excluding hydrogens is 391 g/mol. The normalized spacial score (nSPS) is 15.9. The average Bonchev–Trinajstić information content (AvgIpc) is 2.73. The standard InChI is InChI=1S/C26H27FN2O2/c1-29(2,31)17-18-3-4-23-16-25(14-11-22(23)15-18)28-26(30)21-7-5-19(6-8-21)20-9-12-24(27)13-10-20/h5-14,16,18H,3-4,15,17H2,1-2H3,(H,28,30). The van der Waals surface area contributed by atoms with Crippen molar-refractivity contribution in [1.82, 2.24) is 0 Å². The molecule has 1 aliphatic carbocycles. The maximum Gasteiger partial charge on any atom is 0.255 e. The van der Waals surface area contributed by atoms with Crippen LogP contribution in [0.1, 0.15) is 27.9 Å². The Morgan fingerprint density at radius 2 is 1.65 bits per heavy atom. The second-order valence-corrected chi connectivity index (χ2v) is 8.89. The van der Waals surface area contributed by atoms with Crippen LogP contribution < -0.4 is 5.32 Å². The molecule has 0 aromatic heterocycles. The number of amides is 1. The van der Waals surface area contributed by atoms with Gasteiger partial charge in [-0.15, -0.1) is 0 Å². The number of hydrogen-bond donors (Lipinski definition) is 1. The summed E-state index contributed by atoms with van der Waals surface area (Å²) >= 11 is 0. The summed E-state index contributed by atoms with van der Waals surface area (Å²) in [6, 6.07) is 19.6. The van der Waals surface area contributed by atoms with E-state index in [1.807, 2.05) is 24.3 Å². The van der Waals surface area contributed by atoms with Crippen LogP contribution in [0.25, 0.3) is 11.1 Å². The second kappa shape index (κ2) is 8.61. The molecule has 0 spiro atoms. The van der Waals surface area contributed by atoms with Gasteiger partial charge in [0, 0.05) is 17.2 Å². The van der Waals surface area contributed by atoms with E-state index in [1.54, 1.807) is 38.4 Å². The predicted octanol–water partition coefficient (Wildman–Crippen LogP) is 5.42. The fourth-order valence-corrected chi connectivity index (χ4v) is 4.35. The minimum Gasteiger partial charge on any atom is -0.633 e. The van der Waals surface area contributed by atoms with Crippen molar-refractivity contribution in [2.45, 2.75) is 19.3 Å². The summed E-state index contributed by atoms with van der Waals surface area (Å²) in [7, 11) is 3.39. The highest BCUT2D eigenvalue weighted by Crippen LogP contribution is 2.29. The highest BCUT2D eigenvalue weighted by Gasteiger charge is 2.23. The number of hydrogen-bond acceptors (Lipinski definition) is 2. The van der Waals surface area contributed by atoms with Crippen molar-refractivity contribution < 1.29 is 13.8 Å². The van der Waals surface area contributed by atoms with Crippen molar-refractivity contribution in [3.8, 4) is 11.1 Å². The van der Waals surface area contributed by atoms with Crippen molar-refractivity contribution in [2.75, 3.05) is 26.0 Å². The first-order valence-electron chi connectivity index (χ1n) is 10.6. The molecule has 0 saturated carbocycles. The number of quaternary nitrogens is 1. The lowest BCUT2D eigenvalue weighted by atomic mass is 9.83. The summed E-state index contributed by atoms with van der Waals surface area (Å²) in [5.74, 6) is -0.0292. The first kappa shape index (κ1) is 21.2. The van der Waals surface area contributed by atoms with E-state index in [1.165, 1.54) is 23.3 Å². The maximum atomic E-state index is 13.1. The van der Waals surface area contributed by atoms with E-state index in [9.17, 15) is 14.4 Å². The monoisotopic (exact) mass is 418 g/mol. The van der Waals surface area contributed by atoms with E-state index in [-0.39, 0.29) is 16.4 Å². The third kappa shape index (κ3) is 5.37. The minimum absolute atomic E-state index is 0.162. The van der Waals surface area contributed by atoms with Crippen LogP contribution in [0.4, 0.5) is 10.1 Å².